The topological polar surface area (TPSA) is 98.0 Å². The van der Waals surface area contributed by atoms with Gasteiger partial charge in [0.05, 0.1) is 12.2 Å². The summed E-state index contributed by atoms with van der Waals surface area (Å²) >= 11 is 0. The van der Waals surface area contributed by atoms with E-state index in [-0.39, 0.29) is 6.42 Å². The van der Waals surface area contributed by atoms with E-state index in [1.807, 2.05) is 0 Å². The van der Waals surface area contributed by atoms with E-state index >= 15 is 0 Å². The number of aliphatic carboxylic acids is 1. The molecule has 0 aliphatic heterocycles. The normalized spacial score (nSPS) is 21.1. The predicted molar refractivity (Wildman–Crippen MR) is 40.6 cm³/mol. The second-order valence-corrected chi connectivity index (χ2v) is 3.09. The van der Waals surface area contributed by atoms with Crippen LogP contribution in [0, 0.1) is 0 Å². The number of aliphatic hydroxyl groups is 3. The average Bonchev–Trinajstić information content (AvgIpc) is 1.85. The first kappa shape index (κ1) is 11.4. The molecule has 0 amide bonds. The van der Waals surface area contributed by atoms with Crippen LogP contribution in [0.5, 0.6) is 0 Å². The van der Waals surface area contributed by atoms with Crippen LogP contribution in [0.3, 0.4) is 0 Å². The minimum atomic E-state index is -1.99. The first-order chi connectivity index (χ1) is 5.27. The van der Waals surface area contributed by atoms with Gasteiger partial charge >= 0.3 is 5.97 Å². The molecule has 0 bridgehead atoms. The van der Waals surface area contributed by atoms with Crippen molar-refractivity contribution in [2.24, 2.45) is 0 Å². The molecule has 72 valence electrons. The van der Waals surface area contributed by atoms with Crippen LogP contribution in [-0.4, -0.2) is 44.2 Å². The van der Waals surface area contributed by atoms with Gasteiger partial charge in [0.1, 0.15) is 0 Å². The third-order valence-electron chi connectivity index (χ3n) is 1.62. The highest BCUT2D eigenvalue weighted by atomic mass is 16.4. The van der Waals surface area contributed by atoms with E-state index in [1.54, 1.807) is 0 Å². The van der Waals surface area contributed by atoms with Crippen molar-refractivity contribution in [1.82, 2.24) is 0 Å². The second-order valence-electron chi connectivity index (χ2n) is 3.09. The fourth-order valence-corrected chi connectivity index (χ4v) is 0.665. The number of carboxylic acids is 1. The van der Waals surface area contributed by atoms with Crippen LogP contribution < -0.4 is 0 Å². The van der Waals surface area contributed by atoms with Gasteiger partial charge < -0.3 is 20.4 Å². The van der Waals surface area contributed by atoms with Gasteiger partial charge in [-0.15, -0.1) is 0 Å². The number of carboxylic acid groups (broad SMARTS) is 1. The summed E-state index contributed by atoms with van der Waals surface area (Å²) in [6.07, 6.45) is -2.66. The summed E-state index contributed by atoms with van der Waals surface area (Å²) < 4.78 is 0. The monoisotopic (exact) mass is 178 g/mol. The molecule has 5 nitrogen and oxygen atoms in total. The molecule has 0 fully saturated rings. The highest BCUT2D eigenvalue weighted by Crippen LogP contribution is 2.14. The summed E-state index contributed by atoms with van der Waals surface area (Å²) in [5.74, 6) is -1.41. The van der Waals surface area contributed by atoms with E-state index in [0.29, 0.717) is 0 Å². The predicted octanol–water partition coefficient (Wildman–Crippen LogP) is -1.05. The molecule has 0 aliphatic carbocycles. The molecule has 0 aromatic heterocycles. The van der Waals surface area contributed by atoms with Gasteiger partial charge in [-0.25, -0.2) is 4.79 Å². The lowest BCUT2D eigenvalue weighted by Crippen LogP contribution is -2.41. The molecule has 0 rings (SSSR count). The summed E-state index contributed by atoms with van der Waals surface area (Å²) in [5.41, 5.74) is -1.99. The molecule has 3 unspecified atom stereocenters. The van der Waals surface area contributed by atoms with Crippen LogP contribution in [0.4, 0.5) is 0 Å². The Bertz CT molecular complexity index is 163. The van der Waals surface area contributed by atoms with Gasteiger partial charge in [0.2, 0.25) is 0 Å². The SMILES string of the molecule is CC(O)C(O)CC(C)(O)C(=O)O. The Hall–Kier alpha value is -0.650. The lowest BCUT2D eigenvalue weighted by atomic mass is 9.96. The van der Waals surface area contributed by atoms with Crippen LogP contribution in [0.15, 0.2) is 0 Å². The van der Waals surface area contributed by atoms with E-state index < -0.39 is 23.8 Å². The summed E-state index contributed by atoms with van der Waals surface area (Å²) in [5, 5.41) is 35.4. The van der Waals surface area contributed by atoms with Crippen molar-refractivity contribution in [1.29, 1.82) is 0 Å². The smallest absolute Gasteiger partial charge is 0.335 e. The van der Waals surface area contributed by atoms with E-state index in [4.69, 9.17) is 20.4 Å². The second kappa shape index (κ2) is 3.84. The number of hydrogen-bond donors (Lipinski definition) is 4. The molecule has 0 heterocycles. The highest BCUT2D eigenvalue weighted by molar-refractivity contribution is 5.76. The van der Waals surface area contributed by atoms with Crippen LogP contribution in [0.2, 0.25) is 0 Å². The third-order valence-corrected chi connectivity index (χ3v) is 1.62. The molecule has 5 heteroatoms. The fraction of sp³-hybridized carbons (Fsp3) is 0.857. The molecule has 12 heavy (non-hydrogen) atoms. The van der Waals surface area contributed by atoms with Crippen LogP contribution in [-0.2, 0) is 4.79 Å². The van der Waals surface area contributed by atoms with Gasteiger partial charge in [-0.05, 0) is 13.8 Å². The molecule has 0 saturated carbocycles. The largest absolute Gasteiger partial charge is 0.479 e. The van der Waals surface area contributed by atoms with Crippen LogP contribution in [0.1, 0.15) is 20.3 Å². The molecule has 0 saturated heterocycles. The standard InChI is InChI=1S/C7H14O5/c1-4(8)5(9)3-7(2,12)6(10)11/h4-5,8-9,12H,3H2,1-2H3,(H,10,11). The van der Waals surface area contributed by atoms with Crippen molar-refractivity contribution < 1.29 is 25.2 Å². The summed E-state index contributed by atoms with van der Waals surface area (Å²) in [6.45, 7) is 2.39. The molecule has 0 spiro atoms. The molecule has 0 aromatic rings. The quantitative estimate of drug-likeness (QED) is 0.440. The molecule has 0 aliphatic rings. The summed E-state index contributed by atoms with van der Waals surface area (Å²) in [4.78, 5) is 10.3. The Morgan fingerprint density at radius 3 is 2.17 bits per heavy atom. The Balaban J connectivity index is 4.15. The Kier molecular flexibility index (Phi) is 3.63. The molecular formula is C7H14O5. The zero-order valence-corrected chi connectivity index (χ0v) is 7.06. The van der Waals surface area contributed by atoms with Crippen LogP contribution in [0.25, 0.3) is 0 Å². The summed E-state index contributed by atoms with van der Waals surface area (Å²) in [6, 6.07) is 0. The first-order valence-electron chi connectivity index (χ1n) is 3.59. The van der Waals surface area contributed by atoms with Gasteiger partial charge in [-0.3, -0.25) is 0 Å². The van der Waals surface area contributed by atoms with E-state index in [9.17, 15) is 4.79 Å². The van der Waals surface area contributed by atoms with Crippen molar-refractivity contribution in [3.8, 4) is 0 Å². The van der Waals surface area contributed by atoms with Crippen molar-refractivity contribution in [3.63, 3.8) is 0 Å². The number of aliphatic hydroxyl groups excluding tert-OH is 2. The number of hydrogen-bond acceptors (Lipinski definition) is 4. The number of rotatable bonds is 4. The first-order valence-corrected chi connectivity index (χ1v) is 3.59. The van der Waals surface area contributed by atoms with Gasteiger partial charge in [0.15, 0.2) is 5.60 Å². The van der Waals surface area contributed by atoms with Gasteiger partial charge in [-0.1, -0.05) is 0 Å². The Morgan fingerprint density at radius 2 is 1.92 bits per heavy atom. The number of carbonyl (C=O) groups is 1. The molecule has 3 atom stereocenters. The minimum Gasteiger partial charge on any atom is -0.479 e. The van der Waals surface area contributed by atoms with Crippen molar-refractivity contribution in [2.45, 2.75) is 38.1 Å². The zero-order chi connectivity index (χ0) is 9.94. The Labute approximate surface area is 70.3 Å². The maximum Gasteiger partial charge on any atom is 0.335 e. The Morgan fingerprint density at radius 1 is 1.50 bits per heavy atom. The van der Waals surface area contributed by atoms with Gasteiger partial charge in [-0.2, -0.15) is 0 Å². The fourth-order valence-electron chi connectivity index (χ4n) is 0.665. The minimum absolute atomic E-state index is 0.389. The zero-order valence-electron chi connectivity index (χ0n) is 7.06. The van der Waals surface area contributed by atoms with Crippen molar-refractivity contribution >= 4 is 5.97 Å². The van der Waals surface area contributed by atoms with Gasteiger partial charge in [0, 0.05) is 6.42 Å². The average molecular weight is 178 g/mol. The third kappa shape index (κ3) is 3.17. The molecular weight excluding hydrogens is 164 g/mol. The van der Waals surface area contributed by atoms with E-state index in [1.165, 1.54) is 6.92 Å². The van der Waals surface area contributed by atoms with Crippen LogP contribution >= 0.6 is 0 Å². The summed E-state index contributed by atoms with van der Waals surface area (Å²) in [7, 11) is 0. The van der Waals surface area contributed by atoms with Crippen molar-refractivity contribution in [3.05, 3.63) is 0 Å². The van der Waals surface area contributed by atoms with Crippen molar-refractivity contribution in [2.75, 3.05) is 0 Å². The lowest BCUT2D eigenvalue weighted by molar-refractivity contribution is -0.161. The van der Waals surface area contributed by atoms with Gasteiger partial charge in [0.25, 0.3) is 0 Å². The maximum atomic E-state index is 10.3. The highest BCUT2D eigenvalue weighted by Gasteiger charge is 2.33. The van der Waals surface area contributed by atoms with E-state index in [0.717, 1.165) is 6.92 Å². The molecule has 0 aromatic carbocycles. The molecule has 0 radical (unpaired) electrons. The van der Waals surface area contributed by atoms with E-state index in [2.05, 4.69) is 0 Å². The molecule has 4 N–H and O–H groups in total. The maximum absolute atomic E-state index is 10.3. The lowest BCUT2D eigenvalue weighted by Gasteiger charge is -2.22.